The van der Waals surface area contributed by atoms with Crippen molar-refractivity contribution < 1.29 is 24.9 Å². The van der Waals surface area contributed by atoms with Crippen molar-refractivity contribution >= 4 is 5.91 Å². The van der Waals surface area contributed by atoms with Crippen molar-refractivity contribution in [1.82, 2.24) is 4.90 Å². The van der Waals surface area contributed by atoms with Crippen molar-refractivity contribution in [2.45, 2.75) is 0 Å². The van der Waals surface area contributed by atoms with Crippen LogP contribution < -0.4 is 0 Å². The minimum atomic E-state index is -0.544. The number of nitrogens with zero attached hydrogens (tertiary/aromatic N) is 1. The molecule has 72 valence electrons. The zero-order valence-electron chi connectivity index (χ0n) is 6.64. The van der Waals surface area contributed by atoms with Crippen molar-refractivity contribution in [1.29, 1.82) is 0 Å². The van der Waals surface area contributed by atoms with Gasteiger partial charge in [-0.05, 0) is 0 Å². The van der Waals surface area contributed by atoms with Gasteiger partial charge in [-0.3, -0.25) is 9.69 Å². The molecule has 0 atom stereocenters. The number of aliphatic hydroxyl groups is 3. The van der Waals surface area contributed by atoms with Gasteiger partial charge in [0.15, 0.2) is 0 Å². The standard InChI is InChI=1S/C6H13NO5/c8-1-2-12-3-6(11)7(4-9)5-10/h8-10H,1-5H2. The Morgan fingerprint density at radius 2 is 1.83 bits per heavy atom. The van der Waals surface area contributed by atoms with Gasteiger partial charge in [-0.2, -0.15) is 0 Å². The zero-order chi connectivity index (χ0) is 9.40. The Balaban J connectivity index is 3.54. The van der Waals surface area contributed by atoms with E-state index in [1.54, 1.807) is 0 Å². The molecule has 0 spiro atoms. The van der Waals surface area contributed by atoms with E-state index >= 15 is 0 Å². The number of aliphatic hydroxyl groups excluding tert-OH is 3. The maximum atomic E-state index is 10.9. The number of hydrogen-bond donors (Lipinski definition) is 3. The predicted octanol–water partition coefficient (Wildman–Crippen LogP) is -2.28. The summed E-state index contributed by atoms with van der Waals surface area (Å²) in [6, 6.07) is 0. The first-order chi connectivity index (χ1) is 5.76. The van der Waals surface area contributed by atoms with Gasteiger partial charge < -0.3 is 20.1 Å². The molecule has 6 nitrogen and oxygen atoms in total. The summed E-state index contributed by atoms with van der Waals surface area (Å²) >= 11 is 0. The molecule has 6 heteroatoms. The fourth-order valence-electron chi connectivity index (χ4n) is 0.518. The van der Waals surface area contributed by atoms with E-state index in [4.69, 9.17) is 15.3 Å². The lowest BCUT2D eigenvalue weighted by Gasteiger charge is -2.15. The minimum Gasteiger partial charge on any atom is -0.394 e. The third-order valence-electron chi connectivity index (χ3n) is 1.16. The smallest absolute Gasteiger partial charge is 0.252 e. The normalized spacial score (nSPS) is 9.92. The lowest BCUT2D eigenvalue weighted by molar-refractivity contribution is -0.144. The third-order valence-corrected chi connectivity index (χ3v) is 1.16. The van der Waals surface area contributed by atoms with E-state index in [1.165, 1.54) is 0 Å². The maximum Gasteiger partial charge on any atom is 0.252 e. The van der Waals surface area contributed by atoms with Gasteiger partial charge >= 0.3 is 0 Å². The summed E-state index contributed by atoms with van der Waals surface area (Å²) in [6.07, 6.45) is 0. The Hall–Kier alpha value is -0.690. The molecule has 0 aliphatic rings. The summed E-state index contributed by atoms with van der Waals surface area (Å²) < 4.78 is 4.67. The van der Waals surface area contributed by atoms with Crippen LogP contribution in [0.2, 0.25) is 0 Å². The number of carbonyl (C=O) groups excluding carboxylic acids is 1. The Kier molecular flexibility index (Phi) is 6.58. The third kappa shape index (κ3) is 4.24. The molecule has 0 aromatic carbocycles. The van der Waals surface area contributed by atoms with E-state index < -0.39 is 19.4 Å². The topological polar surface area (TPSA) is 90.2 Å². The average Bonchev–Trinajstić information content (AvgIpc) is 2.07. The number of carbonyl (C=O) groups is 1. The summed E-state index contributed by atoms with van der Waals surface area (Å²) in [6.45, 7) is -1.43. The Morgan fingerprint density at radius 1 is 1.25 bits per heavy atom. The van der Waals surface area contributed by atoms with Crippen molar-refractivity contribution in [3.63, 3.8) is 0 Å². The number of ether oxygens (including phenoxy) is 1. The lowest BCUT2D eigenvalue weighted by Crippen LogP contribution is -2.35. The highest BCUT2D eigenvalue weighted by Gasteiger charge is 2.09. The molecule has 0 unspecified atom stereocenters. The first kappa shape index (κ1) is 11.3. The molecule has 0 fully saturated rings. The second-order valence-electron chi connectivity index (χ2n) is 1.99. The van der Waals surface area contributed by atoms with Crippen LogP contribution in [0.5, 0.6) is 0 Å². The highest BCUT2D eigenvalue weighted by Crippen LogP contribution is 1.86. The van der Waals surface area contributed by atoms with Crippen LogP contribution in [0, 0.1) is 0 Å². The van der Waals surface area contributed by atoms with Crippen LogP contribution in [0.4, 0.5) is 0 Å². The first-order valence-electron chi connectivity index (χ1n) is 3.44. The van der Waals surface area contributed by atoms with E-state index in [0.717, 1.165) is 4.90 Å². The molecule has 0 aliphatic carbocycles. The van der Waals surface area contributed by atoms with Crippen molar-refractivity contribution in [3.8, 4) is 0 Å². The Labute approximate surface area is 70.0 Å². The molecule has 0 heterocycles. The van der Waals surface area contributed by atoms with Gasteiger partial charge in [0.2, 0.25) is 0 Å². The number of rotatable bonds is 6. The van der Waals surface area contributed by atoms with Crippen LogP contribution in [0.15, 0.2) is 0 Å². The van der Waals surface area contributed by atoms with Crippen LogP contribution in [-0.4, -0.2) is 59.4 Å². The van der Waals surface area contributed by atoms with Crippen LogP contribution in [0.25, 0.3) is 0 Å². The van der Waals surface area contributed by atoms with E-state index in [9.17, 15) is 4.79 Å². The van der Waals surface area contributed by atoms with Crippen molar-refractivity contribution in [2.24, 2.45) is 0 Å². The van der Waals surface area contributed by atoms with E-state index in [0.29, 0.717) is 0 Å². The SMILES string of the molecule is O=C(COCCO)N(CO)CO. The van der Waals surface area contributed by atoms with Gasteiger partial charge in [-0.25, -0.2) is 0 Å². The molecule has 0 rings (SSSR count). The minimum absolute atomic E-state index is 0.0659. The molecule has 0 aromatic rings. The molecular weight excluding hydrogens is 166 g/mol. The van der Waals surface area contributed by atoms with E-state index in [2.05, 4.69) is 4.74 Å². The number of hydrogen-bond acceptors (Lipinski definition) is 5. The van der Waals surface area contributed by atoms with E-state index in [-0.39, 0.29) is 19.8 Å². The highest BCUT2D eigenvalue weighted by molar-refractivity contribution is 5.77. The van der Waals surface area contributed by atoms with Gasteiger partial charge in [-0.1, -0.05) is 0 Å². The molecule has 3 N–H and O–H groups in total. The Bertz CT molecular complexity index is 125. The molecule has 1 amide bonds. The molecule has 12 heavy (non-hydrogen) atoms. The van der Waals surface area contributed by atoms with Crippen molar-refractivity contribution in [2.75, 3.05) is 33.3 Å². The highest BCUT2D eigenvalue weighted by atomic mass is 16.5. The maximum absolute atomic E-state index is 10.9. The monoisotopic (exact) mass is 179 g/mol. The van der Waals surface area contributed by atoms with Crippen LogP contribution in [-0.2, 0) is 9.53 Å². The predicted molar refractivity (Wildman–Crippen MR) is 38.9 cm³/mol. The molecular formula is C6H13NO5. The van der Waals surface area contributed by atoms with Crippen LogP contribution >= 0.6 is 0 Å². The molecule has 0 radical (unpaired) electrons. The summed E-state index contributed by atoms with van der Waals surface area (Å²) in [4.78, 5) is 11.7. The van der Waals surface area contributed by atoms with Gasteiger partial charge in [0.05, 0.1) is 13.2 Å². The molecule has 0 aliphatic heterocycles. The van der Waals surface area contributed by atoms with Gasteiger partial charge in [-0.15, -0.1) is 0 Å². The molecule has 0 saturated heterocycles. The van der Waals surface area contributed by atoms with Gasteiger partial charge in [0.25, 0.3) is 5.91 Å². The van der Waals surface area contributed by atoms with E-state index in [1.807, 2.05) is 0 Å². The summed E-state index contributed by atoms with van der Waals surface area (Å²) in [5, 5.41) is 25.3. The fourth-order valence-corrected chi connectivity index (χ4v) is 0.518. The Morgan fingerprint density at radius 3 is 2.25 bits per heavy atom. The van der Waals surface area contributed by atoms with Crippen LogP contribution in [0.3, 0.4) is 0 Å². The number of amides is 1. The quantitative estimate of drug-likeness (QED) is 0.316. The molecule has 0 bridgehead atoms. The first-order valence-corrected chi connectivity index (χ1v) is 3.44. The van der Waals surface area contributed by atoms with Crippen molar-refractivity contribution in [3.05, 3.63) is 0 Å². The summed E-state index contributed by atoms with van der Waals surface area (Å²) in [5.41, 5.74) is 0. The second kappa shape index (κ2) is 6.99. The fraction of sp³-hybridized carbons (Fsp3) is 0.833. The molecule has 0 aromatic heterocycles. The van der Waals surface area contributed by atoms with Gasteiger partial charge in [0.1, 0.15) is 20.1 Å². The molecule has 0 saturated carbocycles. The lowest BCUT2D eigenvalue weighted by atomic mass is 10.6. The second-order valence-corrected chi connectivity index (χ2v) is 1.99. The zero-order valence-corrected chi connectivity index (χ0v) is 6.64. The average molecular weight is 179 g/mol. The summed E-state index contributed by atoms with van der Waals surface area (Å²) in [7, 11) is 0. The van der Waals surface area contributed by atoms with Gasteiger partial charge in [0, 0.05) is 0 Å². The summed E-state index contributed by atoms with van der Waals surface area (Å²) in [5.74, 6) is -0.520. The largest absolute Gasteiger partial charge is 0.394 e. The van der Waals surface area contributed by atoms with Crippen LogP contribution in [0.1, 0.15) is 0 Å².